The van der Waals surface area contributed by atoms with E-state index >= 15 is 0 Å². The summed E-state index contributed by atoms with van der Waals surface area (Å²) in [5, 5.41) is 13.7. The lowest BCUT2D eigenvalue weighted by molar-refractivity contribution is -0.121. The fraction of sp³-hybridized carbons (Fsp3) is 0.778. The molecule has 0 radical (unpaired) electrons. The van der Waals surface area contributed by atoms with Crippen LogP contribution in [0.2, 0.25) is 0 Å². The van der Waals surface area contributed by atoms with Gasteiger partial charge in [0.05, 0.1) is 11.7 Å². The average Bonchev–Trinajstić information content (AvgIpc) is 3.12. The summed E-state index contributed by atoms with van der Waals surface area (Å²) in [7, 11) is 0. The van der Waals surface area contributed by atoms with Crippen molar-refractivity contribution in [3.05, 3.63) is 30.1 Å². The molecule has 1 aromatic heterocycles. The highest BCUT2D eigenvalue weighted by Crippen LogP contribution is 2.67. The first kappa shape index (κ1) is 21.4. The zero-order valence-corrected chi connectivity index (χ0v) is 19.5. The second kappa shape index (κ2) is 7.86. The van der Waals surface area contributed by atoms with Crippen molar-refractivity contribution in [3.8, 4) is 0 Å². The lowest BCUT2D eigenvalue weighted by atomic mass is 9.44. The third kappa shape index (κ3) is 3.44. The number of nitrogens with one attached hydrogen (secondary N) is 1. The molecule has 4 unspecified atom stereocenters. The molecule has 1 aromatic rings. The van der Waals surface area contributed by atoms with E-state index in [-0.39, 0.29) is 12.0 Å². The van der Waals surface area contributed by atoms with E-state index in [1.54, 1.807) is 12.4 Å². The summed E-state index contributed by atoms with van der Waals surface area (Å²) in [6, 6.07) is 3.97. The van der Waals surface area contributed by atoms with Crippen LogP contribution < -0.4 is 5.32 Å². The average molecular weight is 425 g/mol. The maximum absolute atomic E-state index is 12.7. The van der Waals surface area contributed by atoms with Crippen molar-refractivity contribution < 1.29 is 9.90 Å². The van der Waals surface area contributed by atoms with Crippen LogP contribution in [0.1, 0.15) is 88.9 Å². The summed E-state index contributed by atoms with van der Waals surface area (Å²) in [5.74, 6) is 3.70. The molecular formula is C27H40N2O2. The van der Waals surface area contributed by atoms with Gasteiger partial charge in [-0.05, 0) is 117 Å². The van der Waals surface area contributed by atoms with Crippen LogP contribution in [0.3, 0.4) is 0 Å². The lowest BCUT2D eigenvalue weighted by Crippen LogP contribution is -2.55. The maximum Gasteiger partial charge on any atom is 0.253 e. The first-order chi connectivity index (χ1) is 14.8. The highest BCUT2D eigenvalue weighted by Gasteiger charge is 2.60. The number of hydrogen-bond donors (Lipinski definition) is 2. The topological polar surface area (TPSA) is 62.2 Å². The number of carbonyl (C=O) groups is 1. The van der Waals surface area contributed by atoms with Gasteiger partial charge in [-0.3, -0.25) is 9.78 Å². The van der Waals surface area contributed by atoms with Crippen molar-refractivity contribution in [1.29, 1.82) is 0 Å². The van der Waals surface area contributed by atoms with E-state index < -0.39 is 0 Å². The second-order valence-electron chi connectivity index (χ2n) is 11.8. The number of aliphatic hydroxyl groups is 1. The minimum absolute atomic E-state index is 0.0268. The molecule has 0 aliphatic heterocycles. The summed E-state index contributed by atoms with van der Waals surface area (Å²) in [5.41, 5.74) is 1.43. The Hall–Kier alpha value is -1.42. The SMILES string of the molecule is CC(O)[C@H]1CCC2C3CC[C@H]4C[C@H](NC(=O)c5cccnc5)CC[C@]4(C)C3CC[C@@]21C. The molecule has 4 heteroatoms. The maximum atomic E-state index is 12.7. The van der Waals surface area contributed by atoms with Crippen LogP contribution in [0.15, 0.2) is 24.5 Å². The second-order valence-corrected chi connectivity index (χ2v) is 11.8. The molecule has 4 nitrogen and oxygen atoms in total. The summed E-state index contributed by atoms with van der Waals surface area (Å²) >= 11 is 0. The van der Waals surface area contributed by atoms with Crippen LogP contribution in [-0.4, -0.2) is 28.1 Å². The Labute approximate surface area is 187 Å². The standard InChI is InChI=1S/C27H40N2O2/c1-17(30)22-8-9-23-21-7-6-19-15-20(29-25(31)18-5-4-14-28-16-18)10-12-26(19,2)24(21)11-13-27(22,23)3/h4-5,14,16-17,19-24,30H,6-13,15H2,1-3H3,(H,29,31)/t17?,19-,20+,21?,22+,23?,24?,26-,27+/m0/s1. The van der Waals surface area contributed by atoms with Gasteiger partial charge in [-0.2, -0.15) is 0 Å². The van der Waals surface area contributed by atoms with Gasteiger partial charge in [-0.15, -0.1) is 0 Å². The summed E-state index contributed by atoms with van der Waals surface area (Å²) in [4.78, 5) is 16.7. The zero-order valence-electron chi connectivity index (χ0n) is 19.5. The number of aliphatic hydroxyl groups excluding tert-OH is 1. The van der Waals surface area contributed by atoms with Gasteiger partial charge in [0.15, 0.2) is 0 Å². The van der Waals surface area contributed by atoms with Gasteiger partial charge in [0.25, 0.3) is 5.91 Å². The number of carbonyl (C=O) groups excluding carboxylic acids is 1. The minimum Gasteiger partial charge on any atom is -0.393 e. The van der Waals surface area contributed by atoms with Gasteiger partial charge in [-0.25, -0.2) is 0 Å². The highest BCUT2D eigenvalue weighted by atomic mass is 16.3. The van der Waals surface area contributed by atoms with Crippen molar-refractivity contribution in [2.24, 2.45) is 40.4 Å². The number of amides is 1. The summed E-state index contributed by atoms with van der Waals surface area (Å²) in [6.07, 6.45) is 14.5. The number of pyridine rings is 1. The molecule has 170 valence electrons. The van der Waals surface area contributed by atoms with Crippen molar-refractivity contribution >= 4 is 5.91 Å². The Kier molecular flexibility index (Phi) is 5.44. The molecule has 4 saturated carbocycles. The number of aromatic nitrogens is 1. The predicted molar refractivity (Wildman–Crippen MR) is 122 cm³/mol. The first-order valence-corrected chi connectivity index (χ1v) is 12.7. The fourth-order valence-corrected chi connectivity index (χ4v) is 8.99. The first-order valence-electron chi connectivity index (χ1n) is 12.7. The fourth-order valence-electron chi connectivity index (χ4n) is 8.99. The monoisotopic (exact) mass is 424 g/mol. The molecule has 0 spiro atoms. The minimum atomic E-state index is -0.169. The largest absolute Gasteiger partial charge is 0.393 e. The van der Waals surface area contributed by atoms with E-state index in [1.165, 1.54) is 44.9 Å². The molecule has 2 N–H and O–H groups in total. The van der Waals surface area contributed by atoms with Gasteiger partial charge in [0, 0.05) is 18.4 Å². The Morgan fingerprint density at radius 3 is 2.61 bits per heavy atom. The molecule has 0 bridgehead atoms. The summed E-state index contributed by atoms with van der Waals surface area (Å²) in [6.45, 7) is 7.10. The molecule has 1 heterocycles. The van der Waals surface area contributed by atoms with E-state index in [0.717, 1.165) is 36.5 Å². The Morgan fingerprint density at radius 2 is 1.87 bits per heavy atom. The van der Waals surface area contributed by atoms with Crippen LogP contribution in [-0.2, 0) is 0 Å². The number of hydrogen-bond acceptors (Lipinski definition) is 3. The number of fused-ring (bicyclic) bond motifs is 5. The molecule has 5 rings (SSSR count). The molecule has 31 heavy (non-hydrogen) atoms. The van der Waals surface area contributed by atoms with Gasteiger partial charge in [0.1, 0.15) is 0 Å². The molecule has 9 atom stereocenters. The molecule has 0 aromatic carbocycles. The Morgan fingerprint density at radius 1 is 1.10 bits per heavy atom. The summed E-state index contributed by atoms with van der Waals surface area (Å²) < 4.78 is 0. The van der Waals surface area contributed by atoms with Gasteiger partial charge in [0.2, 0.25) is 0 Å². The van der Waals surface area contributed by atoms with Crippen LogP contribution in [0, 0.1) is 40.4 Å². The number of nitrogens with zero attached hydrogens (tertiary/aromatic N) is 1. The van der Waals surface area contributed by atoms with Gasteiger partial charge >= 0.3 is 0 Å². The molecular weight excluding hydrogens is 384 g/mol. The zero-order chi connectivity index (χ0) is 21.8. The smallest absolute Gasteiger partial charge is 0.253 e. The predicted octanol–water partition coefficient (Wildman–Crippen LogP) is 5.22. The van der Waals surface area contributed by atoms with E-state index in [9.17, 15) is 9.90 Å². The van der Waals surface area contributed by atoms with Gasteiger partial charge in [-0.1, -0.05) is 13.8 Å². The Bertz CT molecular complexity index is 811. The van der Waals surface area contributed by atoms with E-state index in [4.69, 9.17) is 0 Å². The third-order valence-corrected chi connectivity index (χ3v) is 10.6. The van der Waals surface area contributed by atoms with Crippen LogP contribution >= 0.6 is 0 Å². The van der Waals surface area contributed by atoms with Crippen molar-refractivity contribution in [2.75, 3.05) is 0 Å². The van der Waals surface area contributed by atoms with E-state index in [1.807, 2.05) is 19.1 Å². The molecule has 4 aliphatic carbocycles. The quantitative estimate of drug-likeness (QED) is 0.699. The Balaban J connectivity index is 1.28. The van der Waals surface area contributed by atoms with Crippen molar-refractivity contribution in [2.45, 2.75) is 90.7 Å². The van der Waals surface area contributed by atoms with E-state index in [0.29, 0.717) is 28.4 Å². The molecule has 1 amide bonds. The highest BCUT2D eigenvalue weighted by molar-refractivity contribution is 5.94. The lowest BCUT2D eigenvalue weighted by Gasteiger charge is -2.61. The van der Waals surface area contributed by atoms with Crippen LogP contribution in [0.4, 0.5) is 0 Å². The van der Waals surface area contributed by atoms with Crippen molar-refractivity contribution in [3.63, 3.8) is 0 Å². The van der Waals surface area contributed by atoms with E-state index in [2.05, 4.69) is 24.1 Å². The van der Waals surface area contributed by atoms with Gasteiger partial charge < -0.3 is 10.4 Å². The van der Waals surface area contributed by atoms with Crippen molar-refractivity contribution in [1.82, 2.24) is 10.3 Å². The normalized spacial score (nSPS) is 45.2. The molecule has 0 saturated heterocycles. The van der Waals surface area contributed by atoms with Crippen LogP contribution in [0.25, 0.3) is 0 Å². The molecule has 4 fully saturated rings. The number of rotatable bonds is 3. The van der Waals surface area contributed by atoms with Crippen LogP contribution in [0.5, 0.6) is 0 Å². The molecule has 4 aliphatic rings. The third-order valence-electron chi connectivity index (χ3n) is 10.6.